The first-order valence-corrected chi connectivity index (χ1v) is 8.98. The molecule has 0 amide bonds. The molecule has 0 aromatic carbocycles. The topological polar surface area (TPSA) is 75.9 Å². The van der Waals surface area contributed by atoms with E-state index in [2.05, 4.69) is 22.0 Å². The number of aryl methyl sites for hydroxylation is 2. The third kappa shape index (κ3) is 2.87. The molecule has 0 radical (unpaired) electrons. The van der Waals surface area contributed by atoms with Crippen molar-refractivity contribution in [2.75, 3.05) is 0 Å². The monoisotopic (exact) mass is 351 g/mol. The highest BCUT2D eigenvalue weighted by Gasteiger charge is 2.13. The predicted molar refractivity (Wildman–Crippen MR) is 98.1 cm³/mol. The number of aromatic amines is 1. The van der Waals surface area contributed by atoms with Crippen molar-refractivity contribution in [2.45, 2.75) is 26.7 Å². The number of fused-ring (bicyclic) bond motifs is 1. The first-order chi connectivity index (χ1) is 12.2. The third-order valence-electron chi connectivity index (χ3n) is 4.17. The molecule has 4 aromatic rings. The molecule has 0 bridgehead atoms. The van der Waals surface area contributed by atoms with Crippen LogP contribution in [0.25, 0.3) is 16.2 Å². The van der Waals surface area contributed by atoms with Crippen LogP contribution >= 0.6 is 11.3 Å². The summed E-state index contributed by atoms with van der Waals surface area (Å²) < 4.78 is 1.51. The minimum absolute atomic E-state index is 0.0904. The van der Waals surface area contributed by atoms with E-state index in [9.17, 15) is 4.79 Å². The molecule has 4 rings (SSSR count). The quantitative estimate of drug-likeness (QED) is 0.613. The largest absolute Gasteiger partial charge is 0.294 e. The van der Waals surface area contributed by atoms with Crippen molar-refractivity contribution >= 4 is 17.0 Å². The summed E-state index contributed by atoms with van der Waals surface area (Å²) in [6.07, 6.45) is 4.89. The summed E-state index contributed by atoms with van der Waals surface area (Å²) >= 11 is 1.59. The second-order valence-corrected chi connectivity index (χ2v) is 6.73. The van der Waals surface area contributed by atoms with Gasteiger partial charge in [-0.15, -0.1) is 11.3 Å². The fourth-order valence-electron chi connectivity index (χ4n) is 2.96. The Morgan fingerprint density at radius 2 is 2.00 bits per heavy atom. The number of aromatic nitrogens is 5. The maximum atomic E-state index is 12.4. The number of rotatable bonds is 4. The number of nitrogens with zero attached hydrogens (tertiary/aromatic N) is 4. The summed E-state index contributed by atoms with van der Waals surface area (Å²) in [6.45, 7) is 4.03. The molecule has 0 fully saturated rings. The average molecular weight is 351 g/mol. The van der Waals surface area contributed by atoms with Crippen molar-refractivity contribution in [1.82, 2.24) is 24.6 Å². The van der Waals surface area contributed by atoms with Crippen molar-refractivity contribution < 1.29 is 0 Å². The summed E-state index contributed by atoms with van der Waals surface area (Å²) in [5.74, 6) is 0. The number of hydrogen-bond donors (Lipinski definition) is 1. The van der Waals surface area contributed by atoms with Gasteiger partial charge in [-0.05, 0) is 25.5 Å². The van der Waals surface area contributed by atoms with E-state index in [4.69, 9.17) is 4.98 Å². The van der Waals surface area contributed by atoms with Gasteiger partial charge in [0.2, 0.25) is 0 Å². The number of H-pyrrole nitrogens is 1. The highest BCUT2D eigenvalue weighted by Crippen LogP contribution is 2.24. The fraction of sp³-hybridized carbons (Fsp3) is 0.222. The molecule has 0 unspecified atom stereocenters. The number of pyridine rings is 1. The number of hydrogen-bond acceptors (Lipinski definition) is 5. The van der Waals surface area contributed by atoms with Gasteiger partial charge in [0.05, 0.1) is 11.4 Å². The molecule has 0 aliphatic rings. The zero-order chi connectivity index (χ0) is 17.4. The van der Waals surface area contributed by atoms with Crippen LogP contribution in [0.1, 0.15) is 29.6 Å². The van der Waals surface area contributed by atoms with E-state index < -0.39 is 0 Å². The zero-order valence-corrected chi connectivity index (χ0v) is 14.8. The van der Waals surface area contributed by atoms with Gasteiger partial charge in [0, 0.05) is 47.1 Å². The Morgan fingerprint density at radius 3 is 2.76 bits per heavy atom. The van der Waals surface area contributed by atoms with Gasteiger partial charge in [-0.25, -0.2) is 14.5 Å². The summed E-state index contributed by atoms with van der Waals surface area (Å²) in [5, 5.41) is 6.05. The van der Waals surface area contributed by atoms with Crippen molar-refractivity contribution in [2.24, 2.45) is 0 Å². The fourth-order valence-corrected chi connectivity index (χ4v) is 3.78. The molecule has 4 aromatic heterocycles. The van der Waals surface area contributed by atoms with Gasteiger partial charge in [-0.3, -0.25) is 14.9 Å². The Bertz CT molecular complexity index is 1090. The van der Waals surface area contributed by atoms with E-state index in [0.29, 0.717) is 12.1 Å². The lowest BCUT2D eigenvalue weighted by Gasteiger charge is -2.00. The Morgan fingerprint density at radius 1 is 1.20 bits per heavy atom. The maximum Gasteiger partial charge on any atom is 0.272 e. The molecule has 25 heavy (non-hydrogen) atoms. The van der Waals surface area contributed by atoms with Crippen LogP contribution in [0.5, 0.6) is 0 Å². The molecule has 0 aliphatic heterocycles. The molecule has 7 heteroatoms. The van der Waals surface area contributed by atoms with Crippen molar-refractivity contribution in [1.29, 1.82) is 0 Å². The highest BCUT2D eigenvalue weighted by atomic mass is 32.1. The summed E-state index contributed by atoms with van der Waals surface area (Å²) in [7, 11) is 0. The molecule has 0 saturated heterocycles. The normalized spacial score (nSPS) is 11.3. The Kier molecular flexibility index (Phi) is 3.93. The first-order valence-electron chi connectivity index (χ1n) is 8.10. The van der Waals surface area contributed by atoms with Crippen molar-refractivity contribution in [3.63, 3.8) is 0 Å². The second kappa shape index (κ2) is 6.25. The standard InChI is InChI=1S/C18H17N5OS/c1-3-15-11(2)22-23-16(24)9-13(20-17(15)23)8-14-10-25-18(21-14)12-4-6-19-7-5-12/h4-7,9-10,22H,3,8H2,1-2H3. The lowest BCUT2D eigenvalue weighted by molar-refractivity contribution is 0.864. The molecule has 0 saturated carbocycles. The van der Waals surface area contributed by atoms with Crippen molar-refractivity contribution in [3.8, 4) is 10.6 Å². The van der Waals surface area contributed by atoms with Gasteiger partial charge >= 0.3 is 0 Å². The van der Waals surface area contributed by atoms with E-state index in [-0.39, 0.29) is 5.56 Å². The summed E-state index contributed by atoms with van der Waals surface area (Å²) in [4.78, 5) is 25.8. The van der Waals surface area contributed by atoms with Crippen molar-refractivity contribution in [3.05, 3.63) is 69.0 Å². The number of nitrogens with one attached hydrogen (secondary N) is 1. The summed E-state index contributed by atoms with van der Waals surface area (Å²) in [5.41, 5.74) is 5.39. The van der Waals surface area contributed by atoms with E-state index >= 15 is 0 Å². The molecular formula is C18H17N5OS. The zero-order valence-electron chi connectivity index (χ0n) is 14.0. The minimum atomic E-state index is -0.0904. The van der Waals surface area contributed by atoms with E-state index in [1.165, 1.54) is 4.52 Å². The van der Waals surface area contributed by atoms with Crippen LogP contribution in [0.4, 0.5) is 0 Å². The highest BCUT2D eigenvalue weighted by molar-refractivity contribution is 7.13. The van der Waals surface area contributed by atoms with Gasteiger partial charge in [-0.2, -0.15) is 0 Å². The smallest absolute Gasteiger partial charge is 0.272 e. The van der Waals surface area contributed by atoms with Crippen LogP contribution < -0.4 is 5.56 Å². The number of thiazole rings is 1. The average Bonchev–Trinajstić information content (AvgIpc) is 3.20. The Balaban J connectivity index is 1.69. The molecule has 0 spiro atoms. The lowest BCUT2D eigenvalue weighted by atomic mass is 10.2. The molecule has 0 atom stereocenters. The third-order valence-corrected chi connectivity index (χ3v) is 5.11. The summed E-state index contributed by atoms with van der Waals surface area (Å²) in [6, 6.07) is 5.46. The van der Waals surface area contributed by atoms with Gasteiger partial charge in [0.1, 0.15) is 5.01 Å². The van der Waals surface area contributed by atoms with Gasteiger partial charge < -0.3 is 0 Å². The molecule has 1 N–H and O–H groups in total. The van der Waals surface area contributed by atoms with Crippen LogP contribution in [0.3, 0.4) is 0 Å². The minimum Gasteiger partial charge on any atom is -0.294 e. The van der Waals surface area contributed by atoms with Crippen LogP contribution in [-0.2, 0) is 12.8 Å². The predicted octanol–water partition coefficient (Wildman–Crippen LogP) is 3.00. The van der Waals surface area contributed by atoms with Crippen LogP contribution in [0.15, 0.2) is 40.8 Å². The van der Waals surface area contributed by atoms with Gasteiger partial charge in [0.25, 0.3) is 5.56 Å². The molecule has 4 heterocycles. The SMILES string of the molecule is CCc1c(C)[nH]n2c(=O)cc(Cc3csc(-c4ccncc4)n3)nc12. The molecule has 0 aliphatic carbocycles. The molecule has 6 nitrogen and oxygen atoms in total. The second-order valence-electron chi connectivity index (χ2n) is 5.87. The van der Waals surface area contributed by atoms with E-state index in [1.54, 1.807) is 29.8 Å². The molecular weight excluding hydrogens is 334 g/mol. The Labute approximate surface area is 148 Å². The van der Waals surface area contributed by atoms with Gasteiger partial charge in [-0.1, -0.05) is 6.92 Å². The van der Waals surface area contributed by atoms with E-state index in [1.807, 2.05) is 24.4 Å². The van der Waals surface area contributed by atoms with Crippen LogP contribution in [0, 0.1) is 6.92 Å². The van der Waals surface area contributed by atoms with E-state index in [0.717, 1.165) is 39.6 Å². The lowest BCUT2D eigenvalue weighted by Crippen LogP contribution is -2.16. The Hall–Kier alpha value is -2.80. The van der Waals surface area contributed by atoms with Crippen LogP contribution in [0.2, 0.25) is 0 Å². The maximum absolute atomic E-state index is 12.4. The van der Waals surface area contributed by atoms with Crippen LogP contribution in [-0.4, -0.2) is 24.6 Å². The first kappa shape index (κ1) is 15.7. The molecule has 126 valence electrons. The van der Waals surface area contributed by atoms with Gasteiger partial charge in [0.15, 0.2) is 5.65 Å².